The highest BCUT2D eigenvalue weighted by molar-refractivity contribution is 9.10. The molecule has 2 aromatic rings. The molecule has 2 aromatic carbocycles. The normalized spacial score (nSPS) is 10.8. The minimum absolute atomic E-state index is 0.266. The topological polar surface area (TPSA) is 30.5 Å². The Hall–Kier alpha value is -0.940. The lowest BCUT2D eigenvalue weighted by atomic mass is 10.2. The molecule has 0 aliphatic carbocycles. The fourth-order valence-electron chi connectivity index (χ4n) is 2.56. The summed E-state index contributed by atoms with van der Waals surface area (Å²) in [5.74, 6) is 1.31. The van der Waals surface area contributed by atoms with E-state index in [-0.39, 0.29) is 6.61 Å². The zero-order chi connectivity index (χ0) is 18.9. The van der Waals surface area contributed by atoms with Crippen molar-refractivity contribution in [3.05, 3.63) is 56.0 Å². The number of rotatable bonds is 10. The van der Waals surface area contributed by atoms with Crippen molar-refractivity contribution in [1.82, 2.24) is 5.32 Å². The first-order valence-corrected chi connectivity index (χ1v) is 10.2. The van der Waals surface area contributed by atoms with Crippen LogP contribution in [0.5, 0.6) is 11.5 Å². The summed E-state index contributed by atoms with van der Waals surface area (Å²) in [4.78, 5) is 0. The van der Waals surface area contributed by atoms with Crippen LogP contribution in [0.1, 0.15) is 37.3 Å². The maximum atomic E-state index is 6.21. The second kappa shape index (κ2) is 11.0. The lowest BCUT2D eigenvalue weighted by Crippen LogP contribution is -2.14. The van der Waals surface area contributed by atoms with Crippen molar-refractivity contribution in [3.63, 3.8) is 0 Å². The highest BCUT2D eigenvalue weighted by Crippen LogP contribution is 2.38. The van der Waals surface area contributed by atoms with Crippen molar-refractivity contribution in [1.29, 1.82) is 0 Å². The number of ether oxygens (including phenoxy) is 2. The standard InChI is InChI=1S/C20H24BrCl2NO2/c1-3-4-5-9-24-12-14-10-16(21)20(19(11-14)25-2)26-13-15-17(22)7-6-8-18(15)23/h6-8,10-11,24H,3-5,9,12-13H2,1-2H3. The summed E-state index contributed by atoms with van der Waals surface area (Å²) in [6.45, 7) is 4.27. The number of nitrogens with one attached hydrogen (secondary N) is 1. The Bertz CT molecular complexity index is 705. The van der Waals surface area contributed by atoms with E-state index in [4.69, 9.17) is 32.7 Å². The first kappa shape index (κ1) is 21.4. The van der Waals surface area contributed by atoms with E-state index in [0.717, 1.165) is 28.7 Å². The van der Waals surface area contributed by atoms with Gasteiger partial charge in [0.25, 0.3) is 0 Å². The van der Waals surface area contributed by atoms with Crippen LogP contribution in [0.15, 0.2) is 34.8 Å². The molecule has 0 heterocycles. The number of methoxy groups -OCH3 is 1. The molecule has 0 saturated carbocycles. The average Bonchev–Trinajstić information content (AvgIpc) is 2.62. The summed E-state index contributed by atoms with van der Waals surface area (Å²) in [6, 6.07) is 9.43. The number of unbranched alkanes of at least 4 members (excludes halogenated alkanes) is 2. The molecule has 0 aromatic heterocycles. The summed E-state index contributed by atoms with van der Waals surface area (Å²) in [5.41, 5.74) is 1.89. The van der Waals surface area contributed by atoms with Crippen molar-refractivity contribution < 1.29 is 9.47 Å². The third-order valence-electron chi connectivity index (χ3n) is 4.00. The molecule has 142 valence electrons. The molecule has 1 N–H and O–H groups in total. The van der Waals surface area contributed by atoms with Crippen LogP contribution >= 0.6 is 39.1 Å². The predicted molar refractivity (Wildman–Crippen MR) is 113 cm³/mol. The number of benzene rings is 2. The van der Waals surface area contributed by atoms with Crippen molar-refractivity contribution in [2.45, 2.75) is 39.3 Å². The molecule has 0 aliphatic rings. The molecule has 0 saturated heterocycles. The van der Waals surface area contributed by atoms with Gasteiger partial charge in [0.15, 0.2) is 11.5 Å². The predicted octanol–water partition coefficient (Wildman–Crippen LogP) is 6.62. The Morgan fingerprint density at radius 1 is 1.12 bits per heavy atom. The zero-order valence-corrected chi connectivity index (χ0v) is 18.2. The Kier molecular flexibility index (Phi) is 9.06. The molecule has 3 nitrogen and oxygen atoms in total. The van der Waals surface area contributed by atoms with Gasteiger partial charge in [0, 0.05) is 22.2 Å². The van der Waals surface area contributed by atoms with E-state index in [0.29, 0.717) is 21.5 Å². The van der Waals surface area contributed by atoms with Gasteiger partial charge in [-0.1, -0.05) is 49.0 Å². The lowest BCUT2D eigenvalue weighted by molar-refractivity contribution is 0.282. The van der Waals surface area contributed by atoms with Gasteiger partial charge in [0.1, 0.15) is 6.61 Å². The van der Waals surface area contributed by atoms with Gasteiger partial charge in [-0.15, -0.1) is 0 Å². The molecule has 0 aliphatic heterocycles. The Labute approximate surface area is 174 Å². The van der Waals surface area contributed by atoms with Crippen LogP contribution in [0, 0.1) is 0 Å². The SMILES string of the molecule is CCCCCNCc1cc(Br)c(OCc2c(Cl)cccc2Cl)c(OC)c1. The van der Waals surface area contributed by atoms with Gasteiger partial charge in [-0.05, 0) is 58.7 Å². The van der Waals surface area contributed by atoms with E-state index >= 15 is 0 Å². The van der Waals surface area contributed by atoms with E-state index < -0.39 is 0 Å². The summed E-state index contributed by atoms with van der Waals surface area (Å²) < 4.78 is 12.3. The minimum atomic E-state index is 0.266. The lowest BCUT2D eigenvalue weighted by Gasteiger charge is -2.16. The maximum absolute atomic E-state index is 6.21. The summed E-state index contributed by atoms with van der Waals surface area (Å²) in [7, 11) is 1.63. The Balaban J connectivity index is 2.06. The summed E-state index contributed by atoms with van der Waals surface area (Å²) in [5, 5.41) is 4.62. The molecular formula is C20H24BrCl2NO2. The molecule has 0 radical (unpaired) electrons. The third-order valence-corrected chi connectivity index (χ3v) is 5.30. The number of hydrogen-bond donors (Lipinski definition) is 1. The maximum Gasteiger partial charge on any atom is 0.175 e. The number of halogens is 3. The second-order valence-corrected chi connectivity index (χ2v) is 7.65. The largest absolute Gasteiger partial charge is 0.493 e. The van der Waals surface area contributed by atoms with Gasteiger partial charge in [-0.25, -0.2) is 0 Å². The molecule has 0 fully saturated rings. The molecule has 6 heteroatoms. The van der Waals surface area contributed by atoms with Gasteiger partial charge in [-0.3, -0.25) is 0 Å². The van der Waals surface area contributed by atoms with Gasteiger partial charge in [-0.2, -0.15) is 0 Å². The molecule has 0 bridgehead atoms. The smallest absolute Gasteiger partial charge is 0.175 e. The van der Waals surface area contributed by atoms with Crippen LogP contribution in [0.3, 0.4) is 0 Å². The van der Waals surface area contributed by atoms with Crippen LogP contribution < -0.4 is 14.8 Å². The molecule has 26 heavy (non-hydrogen) atoms. The van der Waals surface area contributed by atoms with Crippen LogP contribution in [-0.4, -0.2) is 13.7 Å². The average molecular weight is 461 g/mol. The molecule has 0 spiro atoms. The van der Waals surface area contributed by atoms with Gasteiger partial charge in [0.2, 0.25) is 0 Å². The van der Waals surface area contributed by atoms with Crippen molar-refractivity contribution in [2.24, 2.45) is 0 Å². The van der Waals surface area contributed by atoms with E-state index in [2.05, 4.69) is 28.2 Å². The van der Waals surface area contributed by atoms with Crippen LogP contribution in [0.25, 0.3) is 0 Å². The quantitative estimate of drug-likeness (QED) is 0.404. The fraction of sp³-hybridized carbons (Fsp3) is 0.400. The molecule has 0 amide bonds. The van der Waals surface area contributed by atoms with Crippen LogP contribution in [-0.2, 0) is 13.2 Å². The van der Waals surface area contributed by atoms with Gasteiger partial charge < -0.3 is 14.8 Å². The Morgan fingerprint density at radius 2 is 1.85 bits per heavy atom. The molecule has 0 unspecified atom stereocenters. The van der Waals surface area contributed by atoms with Gasteiger partial charge >= 0.3 is 0 Å². The summed E-state index contributed by atoms with van der Waals surface area (Å²) >= 11 is 16.0. The first-order chi connectivity index (χ1) is 12.6. The second-order valence-electron chi connectivity index (χ2n) is 5.98. The molecule has 0 atom stereocenters. The minimum Gasteiger partial charge on any atom is -0.493 e. The van der Waals surface area contributed by atoms with E-state index in [1.807, 2.05) is 18.2 Å². The first-order valence-electron chi connectivity index (χ1n) is 8.69. The van der Waals surface area contributed by atoms with E-state index in [1.54, 1.807) is 19.2 Å². The monoisotopic (exact) mass is 459 g/mol. The molecular weight excluding hydrogens is 437 g/mol. The van der Waals surface area contributed by atoms with Crippen molar-refractivity contribution in [3.8, 4) is 11.5 Å². The zero-order valence-electron chi connectivity index (χ0n) is 15.1. The van der Waals surface area contributed by atoms with Crippen LogP contribution in [0.4, 0.5) is 0 Å². The third kappa shape index (κ3) is 6.05. The highest BCUT2D eigenvalue weighted by Gasteiger charge is 2.14. The van der Waals surface area contributed by atoms with Gasteiger partial charge in [0.05, 0.1) is 11.6 Å². The van der Waals surface area contributed by atoms with Crippen LogP contribution in [0.2, 0.25) is 10.0 Å². The fourth-order valence-corrected chi connectivity index (χ4v) is 3.67. The summed E-state index contributed by atoms with van der Waals surface area (Å²) in [6.07, 6.45) is 3.66. The Morgan fingerprint density at radius 3 is 2.50 bits per heavy atom. The van der Waals surface area contributed by atoms with Crippen molar-refractivity contribution >= 4 is 39.1 Å². The van der Waals surface area contributed by atoms with E-state index in [1.165, 1.54) is 19.3 Å². The molecule has 2 rings (SSSR count). The highest BCUT2D eigenvalue weighted by atomic mass is 79.9. The van der Waals surface area contributed by atoms with Crippen molar-refractivity contribution in [2.75, 3.05) is 13.7 Å². The van der Waals surface area contributed by atoms with E-state index in [9.17, 15) is 0 Å². The number of hydrogen-bond acceptors (Lipinski definition) is 3.